The number of halogens is 1. The molecule has 5 nitrogen and oxygen atoms in total. The largest absolute Gasteiger partial charge is 0.467 e. The zero-order chi connectivity index (χ0) is 19.1. The van der Waals surface area contributed by atoms with Crippen molar-refractivity contribution in [2.75, 3.05) is 26.4 Å². The highest BCUT2D eigenvalue weighted by Crippen LogP contribution is 2.29. The molecule has 0 radical (unpaired) electrons. The number of benzene rings is 1. The predicted octanol–water partition coefficient (Wildman–Crippen LogP) is 3.66. The Kier molecular flexibility index (Phi) is 7.06. The van der Waals surface area contributed by atoms with Crippen LogP contribution in [0.5, 0.6) is 5.75 Å². The average Bonchev–Trinajstić information content (AvgIpc) is 3.20. The molecule has 2 N–H and O–H groups in total. The molecule has 0 bridgehead atoms. The number of rotatable bonds is 7. The number of thiophene rings is 1. The van der Waals surface area contributed by atoms with Crippen LogP contribution < -0.4 is 15.4 Å². The summed E-state index contributed by atoms with van der Waals surface area (Å²) in [6.07, 6.45) is 0.644. The molecule has 1 unspecified atom stereocenters. The maximum Gasteiger partial charge on any atom is 0.191 e. The van der Waals surface area contributed by atoms with Crippen molar-refractivity contribution in [2.24, 2.45) is 4.99 Å². The molecule has 2 heterocycles. The molecule has 2 aromatic rings. The molecule has 3 rings (SSSR count). The van der Waals surface area contributed by atoms with E-state index in [4.69, 9.17) is 9.47 Å². The van der Waals surface area contributed by atoms with Gasteiger partial charge in [-0.3, -0.25) is 4.99 Å². The van der Waals surface area contributed by atoms with Gasteiger partial charge in [0.05, 0.1) is 13.2 Å². The second kappa shape index (κ2) is 9.71. The number of nitrogens with one attached hydrogen (secondary N) is 2. The van der Waals surface area contributed by atoms with Crippen LogP contribution in [0.3, 0.4) is 0 Å². The third-order valence-electron chi connectivity index (χ3n) is 4.33. The third kappa shape index (κ3) is 5.43. The molecule has 0 saturated carbocycles. The van der Waals surface area contributed by atoms with Gasteiger partial charge in [-0.15, -0.1) is 11.3 Å². The molecule has 1 aromatic carbocycles. The van der Waals surface area contributed by atoms with Crippen LogP contribution in [0.15, 0.2) is 34.6 Å². The summed E-state index contributed by atoms with van der Waals surface area (Å²) in [6.45, 7) is 6.95. The van der Waals surface area contributed by atoms with Crippen LogP contribution in [-0.2, 0) is 17.8 Å². The standard InChI is InChI=1S/C20H26FN3O2S/c1-3-22-20(24-11-14(2)18-5-4-8-27-18)23-7-6-15-9-17(21)10-16-12-25-13-26-19(15)16/h4-5,8-10,14H,3,6-7,11-13H2,1-2H3,(H2,22,23,24). The van der Waals surface area contributed by atoms with Gasteiger partial charge in [0, 0.05) is 29.4 Å². The Morgan fingerprint density at radius 2 is 2.26 bits per heavy atom. The maximum atomic E-state index is 13.8. The molecule has 1 aliphatic rings. The smallest absolute Gasteiger partial charge is 0.191 e. The van der Waals surface area contributed by atoms with Crippen LogP contribution in [0.25, 0.3) is 0 Å². The minimum absolute atomic E-state index is 0.212. The SMILES string of the molecule is CCNC(=NCC(C)c1cccs1)NCCc1cc(F)cc2c1OCOC2. The first-order chi connectivity index (χ1) is 13.2. The van der Waals surface area contributed by atoms with E-state index in [0.29, 0.717) is 32.0 Å². The van der Waals surface area contributed by atoms with Crippen molar-refractivity contribution in [1.29, 1.82) is 0 Å². The van der Waals surface area contributed by atoms with E-state index in [2.05, 4.69) is 40.1 Å². The second-order valence-electron chi connectivity index (χ2n) is 6.48. The van der Waals surface area contributed by atoms with Gasteiger partial charge in [-0.1, -0.05) is 13.0 Å². The van der Waals surface area contributed by atoms with Gasteiger partial charge < -0.3 is 20.1 Å². The van der Waals surface area contributed by atoms with Gasteiger partial charge in [-0.2, -0.15) is 0 Å². The molecule has 0 saturated heterocycles. The zero-order valence-electron chi connectivity index (χ0n) is 15.8. The van der Waals surface area contributed by atoms with Crippen LogP contribution in [0.1, 0.15) is 35.8 Å². The number of aliphatic imine (C=N–C) groups is 1. The van der Waals surface area contributed by atoms with E-state index in [1.54, 1.807) is 11.3 Å². The first-order valence-corrected chi connectivity index (χ1v) is 10.1. The molecule has 1 aliphatic heterocycles. The number of hydrogen-bond acceptors (Lipinski definition) is 4. The monoisotopic (exact) mass is 391 g/mol. The van der Waals surface area contributed by atoms with Crippen molar-refractivity contribution in [3.05, 3.63) is 51.5 Å². The first kappa shape index (κ1) is 19.6. The topological polar surface area (TPSA) is 54.9 Å². The first-order valence-electron chi connectivity index (χ1n) is 9.24. The summed E-state index contributed by atoms with van der Waals surface area (Å²) < 4.78 is 24.6. The minimum Gasteiger partial charge on any atom is -0.467 e. The quantitative estimate of drug-likeness (QED) is 0.559. The van der Waals surface area contributed by atoms with Gasteiger partial charge in [-0.25, -0.2) is 4.39 Å². The van der Waals surface area contributed by atoms with Gasteiger partial charge in [0.25, 0.3) is 0 Å². The minimum atomic E-state index is -0.261. The van der Waals surface area contributed by atoms with Crippen LogP contribution in [-0.4, -0.2) is 32.4 Å². The molecular formula is C20H26FN3O2S. The normalized spacial score (nSPS) is 15.0. The Bertz CT molecular complexity index is 765. The van der Waals surface area contributed by atoms with Crippen molar-refractivity contribution >= 4 is 17.3 Å². The van der Waals surface area contributed by atoms with E-state index in [1.165, 1.54) is 17.0 Å². The summed E-state index contributed by atoms with van der Waals surface area (Å²) in [6, 6.07) is 7.22. The average molecular weight is 392 g/mol. The second-order valence-corrected chi connectivity index (χ2v) is 7.46. The summed E-state index contributed by atoms with van der Waals surface area (Å²) in [5.41, 5.74) is 1.62. The molecular weight excluding hydrogens is 365 g/mol. The molecule has 146 valence electrons. The van der Waals surface area contributed by atoms with Crippen LogP contribution in [0.2, 0.25) is 0 Å². The van der Waals surface area contributed by atoms with Gasteiger partial charge in [0.15, 0.2) is 12.8 Å². The van der Waals surface area contributed by atoms with Crippen molar-refractivity contribution in [3.8, 4) is 5.75 Å². The molecule has 0 amide bonds. The predicted molar refractivity (Wildman–Crippen MR) is 107 cm³/mol. The lowest BCUT2D eigenvalue weighted by Gasteiger charge is -2.21. The number of guanidine groups is 1. The van der Waals surface area contributed by atoms with Crippen molar-refractivity contribution in [1.82, 2.24) is 10.6 Å². The number of fused-ring (bicyclic) bond motifs is 1. The fourth-order valence-electron chi connectivity index (χ4n) is 2.99. The summed E-state index contributed by atoms with van der Waals surface area (Å²) in [7, 11) is 0. The van der Waals surface area contributed by atoms with E-state index in [0.717, 1.165) is 29.4 Å². The third-order valence-corrected chi connectivity index (χ3v) is 5.44. The highest BCUT2D eigenvalue weighted by Gasteiger charge is 2.16. The molecule has 27 heavy (non-hydrogen) atoms. The van der Waals surface area contributed by atoms with Crippen molar-refractivity contribution < 1.29 is 13.9 Å². The van der Waals surface area contributed by atoms with Gasteiger partial charge in [0.2, 0.25) is 0 Å². The Morgan fingerprint density at radius 1 is 1.37 bits per heavy atom. The van der Waals surface area contributed by atoms with E-state index in [9.17, 15) is 4.39 Å². The van der Waals surface area contributed by atoms with E-state index in [-0.39, 0.29) is 12.6 Å². The lowest BCUT2D eigenvalue weighted by Crippen LogP contribution is -2.38. The lowest BCUT2D eigenvalue weighted by molar-refractivity contribution is -0.0172. The van der Waals surface area contributed by atoms with E-state index in [1.807, 2.05) is 6.92 Å². The Labute approximate surface area is 163 Å². The van der Waals surface area contributed by atoms with E-state index >= 15 is 0 Å². The van der Waals surface area contributed by atoms with Gasteiger partial charge in [0.1, 0.15) is 11.6 Å². The van der Waals surface area contributed by atoms with Crippen LogP contribution in [0, 0.1) is 5.82 Å². The van der Waals surface area contributed by atoms with Gasteiger partial charge in [-0.05, 0) is 42.5 Å². The van der Waals surface area contributed by atoms with Crippen LogP contribution in [0.4, 0.5) is 4.39 Å². The number of ether oxygens (including phenoxy) is 2. The van der Waals surface area contributed by atoms with Crippen LogP contribution >= 0.6 is 11.3 Å². The summed E-state index contributed by atoms with van der Waals surface area (Å²) in [5.74, 6) is 1.64. The van der Waals surface area contributed by atoms with Crippen molar-refractivity contribution in [2.45, 2.75) is 32.8 Å². The molecule has 1 aromatic heterocycles. The lowest BCUT2D eigenvalue weighted by atomic mass is 10.1. The van der Waals surface area contributed by atoms with E-state index < -0.39 is 0 Å². The molecule has 1 atom stereocenters. The highest BCUT2D eigenvalue weighted by molar-refractivity contribution is 7.10. The number of nitrogens with zero attached hydrogens (tertiary/aromatic N) is 1. The molecule has 0 fully saturated rings. The van der Waals surface area contributed by atoms with Gasteiger partial charge >= 0.3 is 0 Å². The maximum absolute atomic E-state index is 13.8. The summed E-state index contributed by atoms with van der Waals surface area (Å²) >= 11 is 1.76. The summed E-state index contributed by atoms with van der Waals surface area (Å²) in [5, 5.41) is 8.68. The highest BCUT2D eigenvalue weighted by atomic mass is 32.1. The zero-order valence-corrected chi connectivity index (χ0v) is 16.6. The number of hydrogen-bond donors (Lipinski definition) is 2. The Hall–Kier alpha value is -2.12. The molecule has 0 spiro atoms. The Balaban J connectivity index is 1.58. The fourth-order valence-corrected chi connectivity index (χ4v) is 3.77. The summed E-state index contributed by atoms with van der Waals surface area (Å²) in [4.78, 5) is 6.02. The molecule has 0 aliphatic carbocycles. The fraction of sp³-hybridized carbons (Fsp3) is 0.450. The molecule has 7 heteroatoms. The van der Waals surface area contributed by atoms with Crippen molar-refractivity contribution in [3.63, 3.8) is 0 Å². The Morgan fingerprint density at radius 3 is 3.04 bits per heavy atom.